The molecule has 0 fully saturated rings. The van der Waals surface area contributed by atoms with Crippen LogP contribution >= 0.6 is 0 Å². The lowest BCUT2D eigenvalue weighted by molar-refractivity contribution is 0.252. The van der Waals surface area contributed by atoms with Gasteiger partial charge in [-0.2, -0.15) is 8.94 Å². The van der Waals surface area contributed by atoms with Gasteiger partial charge in [-0.15, -0.1) is 0 Å². The molecule has 1 heterocycles. The summed E-state index contributed by atoms with van der Waals surface area (Å²) < 4.78 is 20.6. The lowest BCUT2D eigenvalue weighted by atomic mass is 11.0. The average molecular weight is 162 g/mol. The summed E-state index contributed by atoms with van der Waals surface area (Å²) in [5.74, 6) is 0. The minimum Gasteiger partial charge on any atom is -0.284 e. The normalized spacial score (nSPS) is 12.9. The van der Waals surface area contributed by atoms with Crippen LogP contribution in [0.1, 0.15) is 0 Å². The van der Waals surface area contributed by atoms with Gasteiger partial charge in [0.25, 0.3) is 0 Å². The van der Waals surface area contributed by atoms with Crippen LogP contribution in [0.25, 0.3) is 0 Å². The largest absolute Gasteiger partial charge is 0.379 e. The maximum Gasteiger partial charge on any atom is 0.379 e. The molecule has 10 heavy (non-hydrogen) atoms. The predicted octanol–water partition coefficient (Wildman–Crippen LogP) is -0.463. The fraction of sp³-hybridized carbons (Fsp3) is 0.250. The Hall–Kier alpha value is -0.880. The van der Waals surface area contributed by atoms with Crippen molar-refractivity contribution >= 4 is 11.4 Å². The number of nitrogens with zero attached hydrogens (tertiary/aromatic N) is 2. The van der Waals surface area contributed by atoms with Gasteiger partial charge in [-0.3, -0.25) is 8.47 Å². The van der Waals surface area contributed by atoms with Crippen LogP contribution < -0.4 is 4.28 Å². The van der Waals surface area contributed by atoms with Crippen molar-refractivity contribution in [3.05, 3.63) is 18.7 Å². The van der Waals surface area contributed by atoms with Crippen LogP contribution in [-0.4, -0.2) is 21.0 Å². The molecule has 0 bridgehead atoms. The molecule has 0 amide bonds. The molecule has 1 aromatic rings. The molecule has 0 radical (unpaired) electrons. The smallest absolute Gasteiger partial charge is 0.284 e. The molecule has 1 aromatic heterocycles. The van der Waals surface area contributed by atoms with E-state index in [-0.39, 0.29) is 0 Å². The summed E-state index contributed by atoms with van der Waals surface area (Å²) in [4.78, 5) is 3.66. The zero-order valence-electron chi connectivity index (χ0n) is 5.26. The van der Waals surface area contributed by atoms with Gasteiger partial charge in [0.2, 0.25) is 0 Å². The first-order valence-corrected chi connectivity index (χ1v) is 3.46. The van der Waals surface area contributed by atoms with E-state index in [0.29, 0.717) is 0 Å². The van der Waals surface area contributed by atoms with Crippen molar-refractivity contribution in [2.24, 2.45) is 0 Å². The summed E-state index contributed by atoms with van der Waals surface area (Å²) in [6.07, 6.45) is 4.39. The molecule has 6 heteroatoms. The number of hydrogen-bond donors (Lipinski definition) is 0. The van der Waals surface area contributed by atoms with Gasteiger partial charge in [-0.05, 0) is 0 Å². The predicted molar refractivity (Wildman–Crippen MR) is 34.0 cm³/mol. The fourth-order valence-electron chi connectivity index (χ4n) is 0.392. The zero-order valence-corrected chi connectivity index (χ0v) is 6.08. The third-order valence-corrected chi connectivity index (χ3v) is 1.33. The van der Waals surface area contributed by atoms with Crippen molar-refractivity contribution in [2.75, 3.05) is 7.11 Å². The van der Waals surface area contributed by atoms with E-state index in [0.717, 1.165) is 0 Å². The Labute approximate surface area is 60.4 Å². The molecule has 1 atom stereocenters. The Kier molecular flexibility index (Phi) is 2.41. The van der Waals surface area contributed by atoms with Crippen LogP contribution in [0.5, 0.6) is 0 Å². The monoisotopic (exact) mass is 162 g/mol. The standard InChI is InChI=1S/C4H6N2O3S/c1-8-10(7)9-6-3-2-5-4-6/h2-4H,1H3. The fourth-order valence-corrected chi connectivity index (χ4v) is 0.681. The Morgan fingerprint density at radius 2 is 2.50 bits per heavy atom. The van der Waals surface area contributed by atoms with Gasteiger partial charge >= 0.3 is 11.4 Å². The second-order valence-electron chi connectivity index (χ2n) is 1.37. The highest BCUT2D eigenvalue weighted by molar-refractivity contribution is 7.75. The molecule has 0 N–H and O–H groups in total. The summed E-state index contributed by atoms with van der Waals surface area (Å²) in [7, 11) is 1.28. The molecular formula is C4H6N2O3S. The highest BCUT2D eigenvalue weighted by Gasteiger charge is 1.96. The van der Waals surface area contributed by atoms with Crippen molar-refractivity contribution < 1.29 is 12.7 Å². The van der Waals surface area contributed by atoms with Gasteiger partial charge in [0.1, 0.15) is 6.33 Å². The highest BCUT2D eigenvalue weighted by Crippen LogP contribution is 1.84. The van der Waals surface area contributed by atoms with Crippen LogP contribution in [0, 0.1) is 0 Å². The number of rotatable bonds is 3. The van der Waals surface area contributed by atoms with Crippen molar-refractivity contribution in [3.8, 4) is 0 Å². The maximum absolute atomic E-state index is 10.5. The molecule has 1 unspecified atom stereocenters. The van der Waals surface area contributed by atoms with Crippen molar-refractivity contribution in [1.29, 1.82) is 0 Å². The summed E-state index contributed by atoms with van der Waals surface area (Å²) in [5, 5.41) is 0. The van der Waals surface area contributed by atoms with E-state index in [1.165, 1.54) is 30.6 Å². The van der Waals surface area contributed by atoms with Crippen molar-refractivity contribution in [1.82, 2.24) is 9.71 Å². The molecule has 56 valence electrons. The molecule has 0 saturated carbocycles. The SMILES string of the molecule is COS(=O)On1ccnc1. The van der Waals surface area contributed by atoms with Crippen LogP contribution in [0.2, 0.25) is 0 Å². The van der Waals surface area contributed by atoms with E-state index < -0.39 is 11.4 Å². The molecule has 0 aliphatic rings. The summed E-state index contributed by atoms with van der Waals surface area (Å²) in [6.45, 7) is 0. The maximum atomic E-state index is 10.5. The van der Waals surface area contributed by atoms with Gasteiger partial charge in [0.05, 0.1) is 13.3 Å². The first-order valence-electron chi connectivity index (χ1n) is 2.46. The Bertz CT molecular complexity index is 210. The first-order chi connectivity index (χ1) is 4.83. The molecule has 0 aliphatic carbocycles. The Morgan fingerprint density at radius 3 is 3.00 bits per heavy atom. The van der Waals surface area contributed by atoms with Gasteiger partial charge < -0.3 is 0 Å². The number of hydrogen-bond acceptors (Lipinski definition) is 4. The quantitative estimate of drug-likeness (QED) is 0.603. The lowest BCUT2D eigenvalue weighted by Crippen LogP contribution is -2.12. The van der Waals surface area contributed by atoms with Gasteiger partial charge in [0, 0.05) is 6.20 Å². The third-order valence-electron chi connectivity index (χ3n) is 0.763. The Balaban J connectivity index is 2.48. The average Bonchev–Trinajstić information content (AvgIpc) is 2.40. The molecule has 5 nitrogen and oxygen atoms in total. The van der Waals surface area contributed by atoms with Crippen LogP contribution in [0.3, 0.4) is 0 Å². The van der Waals surface area contributed by atoms with E-state index in [1.54, 1.807) is 0 Å². The molecule has 0 aliphatic heterocycles. The van der Waals surface area contributed by atoms with Crippen LogP contribution in [0.4, 0.5) is 0 Å². The summed E-state index contributed by atoms with van der Waals surface area (Å²) >= 11 is -1.73. The molecule has 0 saturated heterocycles. The van der Waals surface area contributed by atoms with Crippen LogP contribution in [0.15, 0.2) is 18.7 Å². The van der Waals surface area contributed by atoms with E-state index in [4.69, 9.17) is 0 Å². The second kappa shape index (κ2) is 3.33. The second-order valence-corrected chi connectivity index (χ2v) is 2.26. The topological polar surface area (TPSA) is 53.4 Å². The van der Waals surface area contributed by atoms with Gasteiger partial charge in [-0.25, -0.2) is 4.98 Å². The van der Waals surface area contributed by atoms with E-state index in [9.17, 15) is 4.21 Å². The van der Waals surface area contributed by atoms with Crippen LogP contribution in [-0.2, 0) is 15.5 Å². The first kappa shape index (κ1) is 7.23. The molecular weight excluding hydrogens is 156 g/mol. The minimum atomic E-state index is -1.73. The number of imidazole rings is 1. The molecule has 0 spiro atoms. The van der Waals surface area contributed by atoms with E-state index in [1.807, 2.05) is 0 Å². The number of aromatic nitrogens is 2. The summed E-state index contributed by atoms with van der Waals surface area (Å²) in [6, 6.07) is 0. The minimum absolute atomic E-state index is 1.19. The van der Waals surface area contributed by atoms with Gasteiger partial charge in [-0.1, -0.05) is 0 Å². The molecule has 0 aromatic carbocycles. The summed E-state index contributed by atoms with van der Waals surface area (Å²) in [5.41, 5.74) is 0. The highest BCUT2D eigenvalue weighted by atomic mass is 32.2. The Morgan fingerprint density at radius 1 is 1.70 bits per heavy atom. The zero-order chi connectivity index (χ0) is 7.40. The van der Waals surface area contributed by atoms with Crippen molar-refractivity contribution in [3.63, 3.8) is 0 Å². The van der Waals surface area contributed by atoms with E-state index in [2.05, 4.69) is 13.5 Å². The third kappa shape index (κ3) is 1.82. The lowest BCUT2D eigenvalue weighted by Gasteiger charge is -1.98. The van der Waals surface area contributed by atoms with Gasteiger partial charge in [0.15, 0.2) is 0 Å². The van der Waals surface area contributed by atoms with E-state index >= 15 is 0 Å². The van der Waals surface area contributed by atoms with Crippen molar-refractivity contribution in [2.45, 2.75) is 0 Å². The molecule has 1 rings (SSSR count).